The molecule has 2 aliphatic heterocycles. The second-order valence-electron chi connectivity index (χ2n) is 11.6. The maximum atomic E-state index is 11.8. The number of hydrogen-bond acceptors (Lipinski definition) is 6. The van der Waals surface area contributed by atoms with Gasteiger partial charge in [-0.3, -0.25) is 4.79 Å². The van der Waals surface area contributed by atoms with Crippen molar-refractivity contribution in [2.24, 2.45) is 29.1 Å². The number of methoxy groups -OCH3 is 1. The van der Waals surface area contributed by atoms with Gasteiger partial charge in [-0.15, -0.1) is 0 Å². The van der Waals surface area contributed by atoms with Crippen LogP contribution in [-0.2, 0) is 19.0 Å². The summed E-state index contributed by atoms with van der Waals surface area (Å²) < 4.78 is 17.9. The van der Waals surface area contributed by atoms with Crippen molar-refractivity contribution in [3.8, 4) is 0 Å². The first-order valence-corrected chi connectivity index (χ1v) is 12.2. The Hall–Kier alpha value is -0.990. The molecule has 192 valence electrons. The molecule has 2 fully saturated rings. The standard InChI is InChI=1S/C26H46O7/c1-14(2)11-16(4)22-25(9,33-22)21(29)15(3)12-17(5)26(30)24(7,8)23(31-10)18(6)19(32-26)13-20(27)28/h11,15-19,21-23,29-30H,12-13H2,1-10H3,(H,27,28)/t15-,16-,17-,18+,19-,21-,22+,23-,25+,26+/m0/s1. The summed E-state index contributed by atoms with van der Waals surface area (Å²) in [6.07, 6.45) is 0.610. The van der Waals surface area contributed by atoms with Crippen LogP contribution in [0.2, 0.25) is 0 Å². The second-order valence-corrected chi connectivity index (χ2v) is 11.6. The van der Waals surface area contributed by atoms with E-state index in [2.05, 4.69) is 26.8 Å². The number of ether oxygens (including phenoxy) is 3. The lowest BCUT2D eigenvalue weighted by Crippen LogP contribution is -2.66. The zero-order valence-electron chi connectivity index (χ0n) is 22.1. The van der Waals surface area contributed by atoms with Gasteiger partial charge in [0.25, 0.3) is 0 Å². The Balaban J connectivity index is 2.20. The number of carboxylic acids is 1. The highest BCUT2D eigenvalue weighted by atomic mass is 16.6. The maximum absolute atomic E-state index is 11.8. The quantitative estimate of drug-likeness (QED) is 0.327. The first-order chi connectivity index (χ1) is 15.0. The molecular weight excluding hydrogens is 424 g/mol. The molecule has 2 aliphatic rings. The van der Waals surface area contributed by atoms with E-state index in [1.807, 2.05) is 41.5 Å². The number of aliphatic carboxylic acids is 1. The summed E-state index contributed by atoms with van der Waals surface area (Å²) in [5.41, 5.74) is -0.208. The molecule has 2 heterocycles. The molecule has 0 spiro atoms. The van der Waals surface area contributed by atoms with Crippen molar-refractivity contribution < 1.29 is 34.3 Å². The van der Waals surface area contributed by atoms with Gasteiger partial charge >= 0.3 is 5.97 Å². The summed E-state index contributed by atoms with van der Waals surface area (Å²) in [5, 5.41) is 32.4. The van der Waals surface area contributed by atoms with Gasteiger partial charge in [0, 0.05) is 30.3 Å². The predicted octanol–water partition coefficient (Wildman–Crippen LogP) is 4.01. The van der Waals surface area contributed by atoms with E-state index in [0.717, 1.165) is 0 Å². The van der Waals surface area contributed by atoms with Crippen LogP contribution in [0.3, 0.4) is 0 Å². The van der Waals surface area contributed by atoms with Crippen LogP contribution in [0.25, 0.3) is 0 Å². The molecule has 2 rings (SSSR count). The zero-order valence-corrected chi connectivity index (χ0v) is 22.1. The van der Waals surface area contributed by atoms with Crippen molar-refractivity contribution in [1.29, 1.82) is 0 Å². The Morgan fingerprint density at radius 3 is 2.21 bits per heavy atom. The maximum Gasteiger partial charge on any atom is 0.305 e. The second kappa shape index (κ2) is 9.94. The molecular formula is C26H46O7. The number of rotatable bonds is 10. The number of allylic oxidation sites excluding steroid dienone is 1. The normalized spacial score (nSPS) is 39.3. The average molecular weight is 471 g/mol. The first-order valence-electron chi connectivity index (χ1n) is 12.2. The molecule has 0 radical (unpaired) electrons. The predicted molar refractivity (Wildman–Crippen MR) is 127 cm³/mol. The third-order valence-corrected chi connectivity index (χ3v) is 8.14. The van der Waals surface area contributed by atoms with Crippen molar-refractivity contribution in [3.63, 3.8) is 0 Å². The summed E-state index contributed by atoms with van der Waals surface area (Å²) in [6, 6.07) is 0. The smallest absolute Gasteiger partial charge is 0.305 e. The van der Waals surface area contributed by atoms with Crippen LogP contribution in [-0.4, -0.2) is 64.2 Å². The Bertz CT molecular complexity index is 730. The molecule has 7 heteroatoms. The fourth-order valence-corrected chi connectivity index (χ4v) is 6.34. The van der Waals surface area contributed by atoms with Crippen molar-refractivity contribution in [1.82, 2.24) is 0 Å². The summed E-state index contributed by atoms with van der Waals surface area (Å²) in [6.45, 7) is 17.7. The van der Waals surface area contributed by atoms with E-state index in [1.54, 1.807) is 7.11 Å². The summed E-state index contributed by atoms with van der Waals surface area (Å²) in [5.74, 6) is -3.15. The minimum atomic E-state index is -1.62. The Morgan fingerprint density at radius 2 is 1.73 bits per heavy atom. The molecule has 0 aliphatic carbocycles. The summed E-state index contributed by atoms with van der Waals surface area (Å²) >= 11 is 0. The van der Waals surface area contributed by atoms with Crippen LogP contribution in [0.5, 0.6) is 0 Å². The van der Waals surface area contributed by atoms with Gasteiger partial charge in [0.2, 0.25) is 0 Å². The van der Waals surface area contributed by atoms with Crippen LogP contribution in [0.15, 0.2) is 11.6 Å². The van der Waals surface area contributed by atoms with E-state index in [0.29, 0.717) is 6.42 Å². The SMILES string of the molecule is CO[C@H]1[C@H](C)[C@H](CC(=O)O)O[C@](O)([C@@H](C)C[C@H](C)[C@H](O)[C@@]2(C)O[C@@H]2[C@@H](C)C=C(C)C)C1(C)C. The molecule has 0 unspecified atom stereocenters. The molecule has 0 amide bonds. The molecule has 0 aromatic heterocycles. The van der Waals surface area contributed by atoms with E-state index >= 15 is 0 Å². The average Bonchev–Trinajstić information content (AvgIpc) is 3.38. The molecule has 0 aromatic rings. The lowest BCUT2D eigenvalue weighted by atomic mass is 9.64. The zero-order chi connectivity index (χ0) is 25.5. The summed E-state index contributed by atoms with van der Waals surface area (Å²) in [4.78, 5) is 11.4. The van der Waals surface area contributed by atoms with Gasteiger partial charge in [0.15, 0.2) is 5.79 Å². The third-order valence-electron chi connectivity index (χ3n) is 8.14. The van der Waals surface area contributed by atoms with E-state index in [4.69, 9.17) is 14.2 Å². The van der Waals surface area contributed by atoms with E-state index in [-0.39, 0.29) is 42.3 Å². The fraction of sp³-hybridized carbons (Fsp3) is 0.885. The molecule has 2 saturated heterocycles. The van der Waals surface area contributed by atoms with Crippen LogP contribution in [0.4, 0.5) is 0 Å². The number of aliphatic hydroxyl groups excluding tert-OH is 1. The van der Waals surface area contributed by atoms with Crippen molar-refractivity contribution in [2.45, 2.75) is 111 Å². The number of carboxylic acid groups (broad SMARTS) is 1. The highest BCUT2D eigenvalue weighted by molar-refractivity contribution is 5.67. The van der Waals surface area contributed by atoms with E-state index in [9.17, 15) is 20.1 Å². The van der Waals surface area contributed by atoms with Gasteiger partial charge in [-0.05, 0) is 33.1 Å². The lowest BCUT2D eigenvalue weighted by Gasteiger charge is -2.57. The highest BCUT2D eigenvalue weighted by Gasteiger charge is 2.63. The van der Waals surface area contributed by atoms with Crippen molar-refractivity contribution in [3.05, 3.63) is 11.6 Å². The number of aliphatic hydroxyl groups is 2. The fourth-order valence-electron chi connectivity index (χ4n) is 6.34. The van der Waals surface area contributed by atoms with Gasteiger partial charge in [-0.1, -0.05) is 53.2 Å². The summed E-state index contributed by atoms with van der Waals surface area (Å²) in [7, 11) is 1.59. The molecule has 7 nitrogen and oxygen atoms in total. The number of carbonyl (C=O) groups is 1. The minimum Gasteiger partial charge on any atom is -0.481 e. The Kier molecular flexibility index (Phi) is 8.51. The van der Waals surface area contributed by atoms with Crippen molar-refractivity contribution in [2.75, 3.05) is 7.11 Å². The Labute approximate surface area is 199 Å². The van der Waals surface area contributed by atoms with Crippen LogP contribution in [0.1, 0.15) is 75.2 Å². The molecule has 33 heavy (non-hydrogen) atoms. The largest absolute Gasteiger partial charge is 0.481 e. The Morgan fingerprint density at radius 1 is 1.15 bits per heavy atom. The van der Waals surface area contributed by atoms with Crippen LogP contribution in [0, 0.1) is 29.1 Å². The van der Waals surface area contributed by atoms with Gasteiger partial charge in [0.05, 0.1) is 30.8 Å². The third kappa shape index (κ3) is 5.32. The highest BCUT2D eigenvalue weighted by Crippen LogP contribution is 2.53. The number of hydrogen-bond donors (Lipinski definition) is 3. The van der Waals surface area contributed by atoms with Gasteiger partial charge < -0.3 is 29.5 Å². The van der Waals surface area contributed by atoms with Crippen LogP contribution >= 0.6 is 0 Å². The van der Waals surface area contributed by atoms with E-state index < -0.39 is 35.0 Å². The van der Waals surface area contributed by atoms with Gasteiger partial charge in [-0.2, -0.15) is 0 Å². The van der Waals surface area contributed by atoms with Gasteiger partial charge in [0.1, 0.15) is 5.60 Å². The minimum absolute atomic E-state index is 0.0516. The van der Waals surface area contributed by atoms with Crippen molar-refractivity contribution >= 4 is 5.97 Å². The molecule has 10 atom stereocenters. The van der Waals surface area contributed by atoms with E-state index in [1.165, 1.54) is 5.57 Å². The molecule has 3 N–H and O–H groups in total. The molecule has 0 saturated carbocycles. The topological polar surface area (TPSA) is 109 Å². The number of epoxide rings is 1. The first kappa shape index (κ1) is 28.2. The molecule has 0 bridgehead atoms. The van der Waals surface area contributed by atoms with Gasteiger partial charge in [-0.25, -0.2) is 0 Å². The molecule has 0 aromatic carbocycles. The lowest BCUT2D eigenvalue weighted by molar-refractivity contribution is -0.373. The monoisotopic (exact) mass is 470 g/mol. The van der Waals surface area contributed by atoms with Crippen LogP contribution < -0.4 is 0 Å².